The van der Waals surface area contributed by atoms with Crippen LogP contribution in [-0.4, -0.2) is 133 Å². The van der Waals surface area contributed by atoms with E-state index in [1.165, 1.54) is 28.6 Å². The minimum Gasteiger partial charge on any atom is -0.443 e. The van der Waals surface area contributed by atoms with Crippen molar-refractivity contribution in [3.05, 3.63) is 60.2 Å². The Labute approximate surface area is 348 Å². The molecule has 2 aromatic rings. The molecule has 2 amide bonds. The number of anilines is 1. The van der Waals surface area contributed by atoms with Gasteiger partial charge in [0, 0.05) is 12.2 Å². The fourth-order valence-electron chi connectivity index (χ4n) is 8.65. The zero-order valence-corrected chi connectivity index (χ0v) is 34.4. The molecule has 1 unspecified atom stereocenters. The number of carbonyl (C=O) groups is 3. The van der Waals surface area contributed by atoms with Gasteiger partial charge in [0.05, 0.1) is 74.9 Å². The van der Waals surface area contributed by atoms with Crippen molar-refractivity contribution >= 4 is 34.1 Å². The molecule has 2 N–H and O–H groups in total. The molecule has 60 heavy (non-hydrogen) atoms. The van der Waals surface area contributed by atoms with Crippen LogP contribution in [0.1, 0.15) is 38.7 Å². The summed E-state index contributed by atoms with van der Waals surface area (Å²) in [4.78, 5) is 40.1. The maximum Gasteiger partial charge on any atom is 0.509 e. The summed E-state index contributed by atoms with van der Waals surface area (Å²) in [6, 6.07) is 13.9. The summed E-state index contributed by atoms with van der Waals surface area (Å²) in [7, 11) is -4.28. The summed E-state index contributed by atoms with van der Waals surface area (Å²) in [6.45, 7) is 5.39. The lowest BCUT2D eigenvalue weighted by Gasteiger charge is -2.33. The van der Waals surface area contributed by atoms with E-state index in [-0.39, 0.29) is 74.2 Å². The van der Waals surface area contributed by atoms with Gasteiger partial charge in [0.15, 0.2) is 18.9 Å². The van der Waals surface area contributed by atoms with E-state index >= 15 is 0 Å². The Bertz CT molecular complexity index is 1910. The highest BCUT2D eigenvalue weighted by Gasteiger charge is 2.47. The predicted molar refractivity (Wildman–Crippen MR) is 208 cm³/mol. The SMILES string of the molecule is CC(C)CN(C[C@@H](OC(=O)O[C@H]1CO[C@H]2OCC[C@H]21)[C@H](Cc1ccccc1)NC(=O)O[C@H]1CO[C@H]2OCCC21)S(=O)(=O)c1ccc(NC(=O)O[C@@H]2CO[C@@H]3OCC[C@@H]32)cc1. The molecule has 0 bridgehead atoms. The molecule has 6 aliphatic rings. The van der Waals surface area contributed by atoms with Crippen LogP contribution < -0.4 is 10.6 Å². The lowest BCUT2D eigenvalue weighted by atomic mass is 10.0. The van der Waals surface area contributed by atoms with Crippen LogP contribution in [0, 0.1) is 23.7 Å². The third-order valence-corrected chi connectivity index (χ3v) is 13.6. The van der Waals surface area contributed by atoms with Gasteiger partial charge in [-0.25, -0.2) is 22.8 Å². The molecular weight excluding hydrogens is 807 g/mol. The molecule has 11 atom stereocenters. The van der Waals surface area contributed by atoms with Gasteiger partial charge in [-0.3, -0.25) is 5.32 Å². The first-order valence-corrected chi connectivity index (χ1v) is 22.1. The van der Waals surface area contributed by atoms with Crippen molar-refractivity contribution < 1.29 is 70.2 Å². The molecular formula is C41H53N3O15S. The molecule has 6 heterocycles. The third kappa shape index (κ3) is 9.99. The Morgan fingerprint density at radius 2 is 1.23 bits per heavy atom. The fourth-order valence-corrected chi connectivity index (χ4v) is 10.3. The van der Waals surface area contributed by atoms with Gasteiger partial charge in [-0.15, -0.1) is 0 Å². The topological polar surface area (TPSA) is 205 Å². The van der Waals surface area contributed by atoms with Gasteiger partial charge in [-0.2, -0.15) is 4.31 Å². The highest BCUT2D eigenvalue weighted by molar-refractivity contribution is 7.89. The minimum atomic E-state index is -4.28. The Balaban J connectivity index is 1.02. The number of nitrogens with zero attached hydrogens (tertiary/aromatic N) is 1. The Hall–Kier alpha value is -4.08. The van der Waals surface area contributed by atoms with Crippen LogP contribution in [0.5, 0.6) is 0 Å². The van der Waals surface area contributed by atoms with Crippen LogP contribution in [-0.2, 0) is 63.8 Å². The standard InChI is InChI=1S/C41H53N3O15S/c1-24(2)19-44(60(48,49)27-10-8-26(9-11-27)42-39(45)56-33-21-53-36-28(33)12-15-50-36)20-32(58-41(47)59-35-23-55-38-30(35)14-17-52-38)31(18-25-6-4-3-5-7-25)43-40(46)57-34-22-54-37-29(34)13-16-51-37/h3-11,24,28-38H,12-23H2,1-2H3,(H,42,45)(H,43,46)/t28-,29?,30+,31+,32-,33-,34+,35+,36+,37-,38-/m1/s1. The number of carbonyl (C=O) groups excluding carboxylic acids is 3. The van der Waals surface area contributed by atoms with E-state index in [9.17, 15) is 22.8 Å². The average Bonchev–Trinajstić information content (AvgIpc) is 4.07. The van der Waals surface area contributed by atoms with E-state index in [0.717, 1.165) is 12.0 Å². The van der Waals surface area contributed by atoms with Gasteiger partial charge in [-0.1, -0.05) is 44.2 Å². The smallest absolute Gasteiger partial charge is 0.443 e. The molecule has 19 heteroatoms. The lowest BCUT2D eigenvalue weighted by molar-refractivity contribution is -0.0910. The number of hydrogen-bond donors (Lipinski definition) is 2. The van der Waals surface area contributed by atoms with E-state index in [1.807, 2.05) is 44.2 Å². The molecule has 6 saturated heterocycles. The van der Waals surface area contributed by atoms with Gasteiger partial charge >= 0.3 is 18.3 Å². The number of ether oxygens (including phenoxy) is 10. The molecule has 0 radical (unpaired) electrons. The van der Waals surface area contributed by atoms with E-state index in [1.54, 1.807) is 0 Å². The van der Waals surface area contributed by atoms with E-state index in [2.05, 4.69) is 10.6 Å². The molecule has 328 valence electrons. The molecule has 6 fully saturated rings. The maximum absolute atomic E-state index is 14.5. The fraction of sp³-hybridized carbons (Fsp3) is 0.634. The minimum absolute atomic E-state index is 0.0292. The molecule has 0 aromatic heterocycles. The number of alkyl carbamates (subject to hydrolysis) is 1. The lowest BCUT2D eigenvalue weighted by Crippen LogP contribution is -2.53. The second-order valence-corrected chi connectivity index (χ2v) is 18.3. The normalized spacial score (nSPS) is 30.4. The zero-order chi connectivity index (χ0) is 41.8. The summed E-state index contributed by atoms with van der Waals surface area (Å²) in [5.41, 5.74) is 1.10. The van der Waals surface area contributed by atoms with Crippen LogP contribution in [0.25, 0.3) is 0 Å². The first-order valence-electron chi connectivity index (χ1n) is 20.7. The largest absolute Gasteiger partial charge is 0.509 e. The number of fused-ring (bicyclic) bond motifs is 3. The quantitative estimate of drug-likeness (QED) is 0.192. The van der Waals surface area contributed by atoms with Crippen LogP contribution >= 0.6 is 0 Å². The number of sulfonamides is 1. The van der Waals surface area contributed by atoms with Gasteiger partial charge < -0.3 is 52.7 Å². The zero-order valence-electron chi connectivity index (χ0n) is 33.6. The van der Waals surface area contributed by atoms with Crippen LogP contribution in [0.4, 0.5) is 20.1 Å². The van der Waals surface area contributed by atoms with Crippen LogP contribution in [0.3, 0.4) is 0 Å². The average molecular weight is 860 g/mol. The monoisotopic (exact) mass is 859 g/mol. The van der Waals surface area contributed by atoms with E-state index < -0.39 is 71.4 Å². The molecule has 18 nitrogen and oxygen atoms in total. The predicted octanol–water partition coefficient (Wildman–Crippen LogP) is 4.03. The summed E-state index contributed by atoms with van der Waals surface area (Å²) in [6.07, 6.45) is -4.62. The molecule has 0 saturated carbocycles. The van der Waals surface area contributed by atoms with Crippen LogP contribution in [0.15, 0.2) is 59.5 Å². The van der Waals surface area contributed by atoms with Crippen molar-refractivity contribution in [2.24, 2.45) is 23.7 Å². The number of amides is 2. The van der Waals surface area contributed by atoms with Crippen molar-refractivity contribution in [1.29, 1.82) is 0 Å². The maximum atomic E-state index is 14.5. The number of hydrogen-bond acceptors (Lipinski definition) is 15. The summed E-state index contributed by atoms with van der Waals surface area (Å²) in [5.74, 6) is -0.514. The third-order valence-electron chi connectivity index (χ3n) is 11.7. The molecule has 2 aromatic carbocycles. The van der Waals surface area contributed by atoms with Crippen molar-refractivity contribution in [1.82, 2.24) is 9.62 Å². The van der Waals surface area contributed by atoms with Gasteiger partial charge in [0.1, 0.15) is 24.4 Å². The Morgan fingerprint density at radius 3 is 1.78 bits per heavy atom. The Morgan fingerprint density at radius 1 is 0.700 bits per heavy atom. The highest BCUT2D eigenvalue weighted by atomic mass is 32.2. The number of nitrogens with one attached hydrogen (secondary N) is 2. The van der Waals surface area contributed by atoms with Crippen molar-refractivity contribution in [3.63, 3.8) is 0 Å². The van der Waals surface area contributed by atoms with Crippen LogP contribution in [0.2, 0.25) is 0 Å². The second kappa shape index (κ2) is 18.9. The van der Waals surface area contributed by atoms with Crippen molar-refractivity contribution in [2.45, 2.75) is 93.8 Å². The first kappa shape index (κ1) is 42.6. The van der Waals surface area contributed by atoms with E-state index in [4.69, 9.17) is 47.4 Å². The molecule has 0 spiro atoms. The van der Waals surface area contributed by atoms with E-state index in [0.29, 0.717) is 38.3 Å². The summed E-state index contributed by atoms with van der Waals surface area (Å²) >= 11 is 0. The number of rotatable bonds is 15. The van der Waals surface area contributed by atoms with Gasteiger partial charge in [-0.05, 0) is 61.4 Å². The summed E-state index contributed by atoms with van der Waals surface area (Å²) in [5, 5.41) is 5.56. The van der Waals surface area contributed by atoms with Gasteiger partial charge in [0.2, 0.25) is 10.0 Å². The highest BCUT2D eigenvalue weighted by Crippen LogP contribution is 2.35. The van der Waals surface area contributed by atoms with Crippen molar-refractivity contribution in [3.8, 4) is 0 Å². The molecule has 0 aliphatic carbocycles. The molecule has 8 rings (SSSR count). The van der Waals surface area contributed by atoms with Crippen molar-refractivity contribution in [2.75, 3.05) is 58.0 Å². The molecule has 6 aliphatic heterocycles. The second-order valence-electron chi connectivity index (χ2n) is 16.3. The Kier molecular flexibility index (Phi) is 13.4. The number of benzene rings is 2. The van der Waals surface area contributed by atoms with Gasteiger partial charge in [0.25, 0.3) is 0 Å². The first-order chi connectivity index (χ1) is 29.0. The summed E-state index contributed by atoms with van der Waals surface area (Å²) < 4.78 is 87.2.